The summed E-state index contributed by atoms with van der Waals surface area (Å²) in [6.07, 6.45) is -3.92. The summed E-state index contributed by atoms with van der Waals surface area (Å²) in [6.45, 7) is 1.44. The maximum absolute atomic E-state index is 13.7. The number of methoxy groups -OCH3 is 1. The van der Waals surface area contributed by atoms with Crippen LogP contribution in [0.15, 0.2) is 52.0 Å². The molecule has 0 fully saturated rings. The van der Waals surface area contributed by atoms with Gasteiger partial charge in [-0.05, 0) is 43.3 Å². The molecule has 1 amide bonds. The van der Waals surface area contributed by atoms with E-state index in [1.807, 2.05) is 4.72 Å². The molecule has 0 saturated carbocycles. The largest absolute Gasteiger partial charge is 0.495 e. The SMILES string of the molecule is COc1ccc(C(=O)O)cc1S(=O)(=O)Nc1ccc(NC(=O)c2cnoc2C)cc1C(F)(F)F. The third kappa shape index (κ3) is 5.11. The first kappa shape index (κ1) is 24.6. The highest BCUT2D eigenvalue weighted by Crippen LogP contribution is 2.38. The number of carboxylic acid groups (broad SMARTS) is 1. The van der Waals surface area contributed by atoms with E-state index in [2.05, 4.69) is 10.5 Å². The number of halogens is 3. The van der Waals surface area contributed by atoms with Crippen molar-refractivity contribution in [3.05, 3.63) is 65.0 Å². The van der Waals surface area contributed by atoms with Gasteiger partial charge in [0.2, 0.25) is 0 Å². The fraction of sp³-hybridized carbons (Fsp3) is 0.150. The number of hydrogen-bond donors (Lipinski definition) is 3. The van der Waals surface area contributed by atoms with Crippen LogP contribution in [0.25, 0.3) is 0 Å². The average Bonchev–Trinajstić information content (AvgIpc) is 3.19. The maximum atomic E-state index is 13.7. The van der Waals surface area contributed by atoms with Gasteiger partial charge in [-0.15, -0.1) is 0 Å². The average molecular weight is 499 g/mol. The van der Waals surface area contributed by atoms with E-state index in [9.17, 15) is 31.2 Å². The van der Waals surface area contributed by atoms with Crippen molar-refractivity contribution in [2.24, 2.45) is 0 Å². The number of nitrogens with one attached hydrogen (secondary N) is 2. The Hall–Kier alpha value is -4.07. The van der Waals surface area contributed by atoms with E-state index < -0.39 is 49.8 Å². The van der Waals surface area contributed by atoms with Gasteiger partial charge in [0.1, 0.15) is 22.0 Å². The van der Waals surface area contributed by atoms with Crippen molar-refractivity contribution >= 4 is 33.3 Å². The number of aromatic nitrogens is 1. The van der Waals surface area contributed by atoms with Gasteiger partial charge >= 0.3 is 12.1 Å². The molecule has 3 N–H and O–H groups in total. The smallest absolute Gasteiger partial charge is 0.418 e. The molecule has 0 saturated heterocycles. The number of hydrogen-bond acceptors (Lipinski definition) is 7. The molecule has 1 heterocycles. The Bertz CT molecular complexity index is 1370. The number of rotatable bonds is 7. The number of ether oxygens (including phenoxy) is 1. The number of alkyl halides is 3. The maximum Gasteiger partial charge on any atom is 0.418 e. The van der Waals surface area contributed by atoms with Crippen molar-refractivity contribution in [3.63, 3.8) is 0 Å². The molecule has 0 atom stereocenters. The Balaban J connectivity index is 2.00. The van der Waals surface area contributed by atoms with E-state index in [0.717, 1.165) is 43.6 Å². The number of carboxylic acids is 1. The van der Waals surface area contributed by atoms with E-state index in [0.29, 0.717) is 6.07 Å². The lowest BCUT2D eigenvalue weighted by atomic mass is 10.1. The number of amides is 1. The lowest BCUT2D eigenvalue weighted by Gasteiger charge is -2.17. The number of aryl methyl sites for hydroxylation is 1. The number of anilines is 2. The summed E-state index contributed by atoms with van der Waals surface area (Å²) in [5, 5.41) is 14.8. The molecule has 0 unspecified atom stereocenters. The minimum atomic E-state index is -5.02. The molecule has 2 aromatic carbocycles. The minimum absolute atomic E-state index is 0.00347. The van der Waals surface area contributed by atoms with E-state index >= 15 is 0 Å². The molecule has 14 heteroatoms. The predicted molar refractivity (Wildman–Crippen MR) is 111 cm³/mol. The van der Waals surface area contributed by atoms with Gasteiger partial charge in [0.25, 0.3) is 15.9 Å². The molecule has 1 aromatic heterocycles. The molecule has 180 valence electrons. The molecule has 0 radical (unpaired) electrons. The third-order valence-electron chi connectivity index (χ3n) is 4.52. The van der Waals surface area contributed by atoms with Gasteiger partial charge in [0.15, 0.2) is 0 Å². The summed E-state index contributed by atoms with van der Waals surface area (Å²) < 4.78 is 78.3. The third-order valence-corrected chi connectivity index (χ3v) is 5.91. The molecule has 0 spiro atoms. The van der Waals surface area contributed by atoms with Gasteiger partial charge in [-0.25, -0.2) is 13.2 Å². The van der Waals surface area contributed by atoms with Crippen LogP contribution in [-0.2, 0) is 16.2 Å². The molecule has 0 bridgehead atoms. The summed E-state index contributed by atoms with van der Waals surface area (Å²) >= 11 is 0. The molecule has 3 rings (SSSR count). The van der Waals surface area contributed by atoms with E-state index in [1.165, 1.54) is 6.92 Å². The van der Waals surface area contributed by atoms with Crippen LogP contribution in [0.2, 0.25) is 0 Å². The summed E-state index contributed by atoms with van der Waals surface area (Å²) in [5.74, 6) is -2.36. The normalized spacial score (nSPS) is 11.7. The second-order valence-electron chi connectivity index (χ2n) is 6.78. The highest BCUT2D eigenvalue weighted by atomic mass is 32.2. The van der Waals surface area contributed by atoms with Crippen molar-refractivity contribution in [1.82, 2.24) is 5.16 Å². The summed E-state index contributed by atoms with van der Waals surface area (Å²) in [7, 11) is -3.60. The molecule has 0 aliphatic rings. The standard InChI is InChI=1S/C20H16F3N3O7S/c1-10-13(9-24-33-10)18(27)25-12-4-5-15(14(8-12)20(21,22)23)26-34(30,31)17-7-11(19(28)29)3-6-16(17)32-2/h3-9,26H,1-2H3,(H,25,27)(H,28,29). The summed E-state index contributed by atoms with van der Waals surface area (Å²) in [4.78, 5) is 22.8. The van der Waals surface area contributed by atoms with Crippen molar-refractivity contribution in [1.29, 1.82) is 0 Å². The van der Waals surface area contributed by atoms with Gasteiger partial charge in [-0.2, -0.15) is 13.2 Å². The van der Waals surface area contributed by atoms with Crippen LogP contribution in [0.5, 0.6) is 5.75 Å². The van der Waals surface area contributed by atoms with E-state index in [1.54, 1.807) is 0 Å². The van der Waals surface area contributed by atoms with Crippen LogP contribution in [-0.4, -0.2) is 37.7 Å². The number of carbonyl (C=O) groups excluding carboxylic acids is 1. The fourth-order valence-electron chi connectivity index (χ4n) is 2.88. The first-order valence-electron chi connectivity index (χ1n) is 9.21. The molecular weight excluding hydrogens is 483 g/mol. The van der Waals surface area contributed by atoms with Crippen LogP contribution in [0, 0.1) is 6.92 Å². The Morgan fingerprint density at radius 3 is 2.41 bits per heavy atom. The zero-order chi connectivity index (χ0) is 25.3. The summed E-state index contributed by atoms with van der Waals surface area (Å²) in [6, 6.07) is 5.31. The molecule has 0 aliphatic carbocycles. The van der Waals surface area contributed by atoms with Gasteiger partial charge < -0.3 is 19.7 Å². The van der Waals surface area contributed by atoms with Gasteiger partial charge in [-0.3, -0.25) is 9.52 Å². The summed E-state index contributed by atoms with van der Waals surface area (Å²) in [5.41, 5.74) is -2.94. The second kappa shape index (κ2) is 9.05. The van der Waals surface area contributed by atoms with Gasteiger partial charge in [0, 0.05) is 5.69 Å². The van der Waals surface area contributed by atoms with Crippen molar-refractivity contribution in [2.45, 2.75) is 18.0 Å². The van der Waals surface area contributed by atoms with E-state index in [-0.39, 0.29) is 22.8 Å². The second-order valence-corrected chi connectivity index (χ2v) is 8.44. The number of carbonyl (C=O) groups is 2. The van der Waals surface area contributed by atoms with Crippen LogP contribution in [0.3, 0.4) is 0 Å². The lowest BCUT2D eigenvalue weighted by molar-refractivity contribution is -0.136. The predicted octanol–water partition coefficient (Wildman–Crippen LogP) is 3.76. The van der Waals surface area contributed by atoms with Gasteiger partial charge in [0.05, 0.1) is 30.1 Å². The zero-order valence-corrected chi connectivity index (χ0v) is 18.2. The van der Waals surface area contributed by atoms with E-state index in [4.69, 9.17) is 14.4 Å². The van der Waals surface area contributed by atoms with Crippen molar-refractivity contribution in [3.8, 4) is 5.75 Å². The Kier molecular flexibility index (Phi) is 6.54. The van der Waals surface area contributed by atoms with Crippen LogP contribution >= 0.6 is 0 Å². The quantitative estimate of drug-likeness (QED) is 0.445. The van der Waals surface area contributed by atoms with Gasteiger partial charge in [-0.1, -0.05) is 5.16 Å². The first-order chi connectivity index (χ1) is 15.8. The Labute approximate surface area is 190 Å². The number of benzene rings is 2. The van der Waals surface area contributed by atoms with Crippen LogP contribution in [0.1, 0.15) is 32.0 Å². The minimum Gasteiger partial charge on any atom is -0.495 e. The molecule has 34 heavy (non-hydrogen) atoms. The lowest BCUT2D eigenvalue weighted by Crippen LogP contribution is -2.19. The van der Waals surface area contributed by atoms with Crippen LogP contribution < -0.4 is 14.8 Å². The van der Waals surface area contributed by atoms with Crippen molar-refractivity contribution in [2.75, 3.05) is 17.1 Å². The topological polar surface area (TPSA) is 148 Å². The first-order valence-corrected chi connectivity index (χ1v) is 10.7. The monoisotopic (exact) mass is 499 g/mol. The zero-order valence-electron chi connectivity index (χ0n) is 17.4. The number of nitrogens with zero attached hydrogens (tertiary/aromatic N) is 1. The molecular formula is C20H16F3N3O7S. The highest BCUT2D eigenvalue weighted by molar-refractivity contribution is 7.92. The fourth-order valence-corrected chi connectivity index (χ4v) is 4.16. The molecule has 3 aromatic rings. The number of sulfonamides is 1. The number of aromatic carboxylic acids is 1. The molecule has 0 aliphatic heterocycles. The Morgan fingerprint density at radius 2 is 1.85 bits per heavy atom. The van der Waals surface area contributed by atoms with Crippen molar-refractivity contribution < 1.29 is 45.5 Å². The van der Waals surface area contributed by atoms with Crippen LogP contribution in [0.4, 0.5) is 24.5 Å². The highest BCUT2D eigenvalue weighted by Gasteiger charge is 2.36. The molecule has 10 nitrogen and oxygen atoms in total. The Morgan fingerprint density at radius 1 is 1.15 bits per heavy atom.